The zero-order chi connectivity index (χ0) is 14.8. The molecular formula is C11H6BrF3N2O3. The Morgan fingerprint density at radius 2 is 2.00 bits per heavy atom. The van der Waals surface area contributed by atoms with Gasteiger partial charge in [-0.25, -0.2) is 4.98 Å². The van der Waals surface area contributed by atoms with Crippen LogP contribution in [-0.4, -0.2) is 16.3 Å². The lowest BCUT2D eigenvalue weighted by atomic mass is 10.3. The number of alkyl halides is 3. The Morgan fingerprint density at radius 3 is 2.60 bits per heavy atom. The van der Waals surface area contributed by atoms with Gasteiger partial charge in [0.05, 0.1) is 16.9 Å². The van der Waals surface area contributed by atoms with E-state index in [4.69, 9.17) is 4.74 Å². The summed E-state index contributed by atoms with van der Waals surface area (Å²) in [6.07, 6.45) is -3.63. The number of H-pyrrole nitrogens is 1. The van der Waals surface area contributed by atoms with Crippen molar-refractivity contribution in [2.24, 2.45) is 0 Å². The molecule has 9 heteroatoms. The van der Waals surface area contributed by atoms with E-state index < -0.39 is 17.7 Å². The highest BCUT2D eigenvalue weighted by Crippen LogP contribution is 2.34. The quantitative estimate of drug-likeness (QED) is 0.922. The molecule has 2 rings (SSSR count). The number of nitrogens with one attached hydrogen (secondary N) is 1. The molecule has 0 saturated carbocycles. The molecule has 1 N–H and O–H groups in total. The standard InChI is InChI=1S/C11H6BrF3N2O3/c12-7-3-6(1-2-8(7)20-11(13,14)15)19-10-4-9(18)16-5-17-10/h1-5H,(H,16,17,18). The van der Waals surface area contributed by atoms with Crippen molar-refractivity contribution in [3.05, 3.63) is 45.4 Å². The lowest BCUT2D eigenvalue weighted by Crippen LogP contribution is -2.17. The van der Waals surface area contributed by atoms with E-state index in [-0.39, 0.29) is 16.1 Å². The molecule has 0 aliphatic rings. The zero-order valence-corrected chi connectivity index (χ0v) is 11.2. The number of aromatic nitrogens is 2. The molecule has 5 nitrogen and oxygen atoms in total. The molecule has 0 radical (unpaired) electrons. The maximum atomic E-state index is 12.1. The van der Waals surface area contributed by atoms with Crippen LogP contribution in [0, 0.1) is 0 Å². The van der Waals surface area contributed by atoms with E-state index >= 15 is 0 Å². The molecule has 1 heterocycles. The van der Waals surface area contributed by atoms with Crippen molar-refractivity contribution in [1.29, 1.82) is 0 Å². The van der Waals surface area contributed by atoms with Gasteiger partial charge in [-0.2, -0.15) is 0 Å². The fourth-order valence-electron chi connectivity index (χ4n) is 1.28. The summed E-state index contributed by atoms with van der Waals surface area (Å²) in [5, 5.41) is 0. The third-order valence-electron chi connectivity index (χ3n) is 2.00. The van der Waals surface area contributed by atoms with Crippen molar-refractivity contribution in [2.75, 3.05) is 0 Å². The number of hydrogen-bond acceptors (Lipinski definition) is 4. The smallest absolute Gasteiger partial charge is 0.439 e. The second-order valence-electron chi connectivity index (χ2n) is 3.49. The van der Waals surface area contributed by atoms with Crippen LogP contribution in [0.4, 0.5) is 13.2 Å². The Bertz CT molecular complexity index is 672. The molecule has 2 aromatic rings. The lowest BCUT2D eigenvalue weighted by Gasteiger charge is -2.11. The second kappa shape index (κ2) is 5.53. The predicted molar refractivity (Wildman–Crippen MR) is 65.8 cm³/mol. The van der Waals surface area contributed by atoms with Gasteiger partial charge in [0.1, 0.15) is 11.5 Å². The molecule has 1 aromatic heterocycles. The number of ether oxygens (including phenoxy) is 2. The molecule has 0 fully saturated rings. The average Bonchev–Trinajstić information content (AvgIpc) is 2.31. The monoisotopic (exact) mass is 350 g/mol. The summed E-state index contributed by atoms with van der Waals surface area (Å²) in [6, 6.07) is 4.72. The van der Waals surface area contributed by atoms with Crippen molar-refractivity contribution in [3.8, 4) is 17.4 Å². The highest BCUT2D eigenvalue weighted by molar-refractivity contribution is 9.10. The Hall–Kier alpha value is -2.03. The molecule has 0 saturated heterocycles. The molecule has 0 aliphatic carbocycles. The van der Waals surface area contributed by atoms with Crippen LogP contribution in [0.25, 0.3) is 0 Å². The maximum absolute atomic E-state index is 12.1. The van der Waals surface area contributed by atoms with Gasteiger partial charge in [-0.05, 0) is 34.1 Å². The normalized spacial score (nSPS) is 11.2. The zero-order valence-electron chi connectivity index (χ0n) is 9.57. The van der Waals surface area contributed by atoms with Crippen molar-refractivity contribution in [1.82, 2.24) is 9.97 Å². The Balaban J connectivity index is 2.19. The highest BCUT2D eigenvalue weighted by atomic mass is 79.9. The fourth-order valence-corrected chi connectivity index (χ4v) is 1.72. The minimum absolute atomic E-state index is 0.0186. The number of rotatable bonds is 3. The van der Waals surface area contributed by atoms with Gasteiger partial charge in [0.25, 0.3) is 5.56 Å². The summed E-state index contributed by atoms with van der Waals surface area (Å²) in [5.74, 6) is -0.182. The van der Waals surface area contributed by atoms with Gasteiger partial charge in [-0.15, -0.1) is 13.2 Å². The summed E-state index contributed by atoms with van der Waals surface area (Å²) in [4.78, 5) is 17.1. The van der Waals surface area contributed by atoms with Crippen molar-refractivity contribution in [3.63, 3.8) is 0 Å². The number of nitrogens with zero attached hydrogens (tertiary/aromatic N) is 1. The SMILES string of the molecule is O=c1cc(Oc2ccc(OC(F)(F)F)c(Br)c2)nc[nH]1. The van der Waals surface area contributed by atoms with Crippen LogP contribution in [0.15, 0.2) is 39.9 Å². The third-order valence-corrected chi connectivity index (χ3v) is 2.62. The molecule has 20 heavy (non-hydrogen) atoms. The van der Waals surface area contributed by atoms with Gasteiger partial charge in [0.2, 0.25) is 5.88 Å². The van der Waals surface area contributed by atoms with E-state index in [1.54, 1.807) is 0 Å². The van der Waals surface area contributed by atoms with E-state index in [9.17, 15) is 18.0 Å². The van der Waals surface area contributed by atoms with Gasteiger partial charge in [0, 0.05) is 0 Å². The average molecular weight is 351 g/mol. The first-order valence-electron chi connectivity index (χ1n) is 5.11. The number of hydrogen-bond donors (Lipinski definition) is 1. The molecule has 1 aromatic carbocycles. The van der Waals surface area contributed by atoms with E-state index in [2.05, 4.69) is 30.6 Å². The minimum atomic E-state index is -4.78. The summed E-state index contributed by atoms with van der Waals surface area (Å²) in [6.45, 7) is 0. The van der Waals surface area contributed by atoms with Gasteiger partial charge in [-0.1, -0.05) is 0 Å². The molecule has 0 bridgehead atoms. The Kier molecular flexibility index (Phi) is 3.98. The second-order valence-corrected chi connectivity index (χ2v) is 4.35. The molecule has 0 amide bonds. The van der Waals surface area contributed by atoms with E-state index in [1.807, 2.05) is 0 Å². The number of aromatic amines is 1. The van der Waals surface area contributed by atoms with Gasteiger partial charge < -0.3 is 14.5 Å². The van der Waals surface area contributed by atoms with Crippen molar-refractivity contribution < 1.29 is 22.6 Å². The van der Waals surface area contributed by atoms with Crippen LogP contribution in [-0.2, 0) is 0 Å². The minimum Gasteiger partial charge on any atom is -0.439 e. The van der Waals surface area contributed by atoms with Crippen molar-refractivity contribution in [2.45, 2.75) is 6.36 Å². The summed E-state index contributed by atoms with van der Waals surface area (Å²) in [5.41, 5.74) is -0.411. The first-order chi connectivity index (χ1) is 9.33. The summed E-state index contributed by atoms with van der Waals surface area (Å²) < 4.78 is 45.3. The van der Waals surface area contributed by atoms with Gasteiger partial charge in [0.15, 0.2) is 0 Å². The molecule has 106 valence electrons. The predicted octanol–water partition coefficient (Wildman–Crippen LogP) is 3.22. The van der Waals surface area contributed by atoms with Crippen LogP contribution >= 0.6 is 15.9 Å². The number of halogens is 4. The van der Waals surface area contributed by atoms with Crippen LogP contribution < -0.4 is 15.0 Å². The van der Waals surface area contributed by atoms with Gasteiger partial charge >= 0.3 is 6.36 Å². The maximum Gasteiger partial charge on any atom is 0.573 e. The highest BCUT2D eigenvalue weighted by Gasteiger charge is 2.32. The fraction of sp³-hybridized carbons (Fsp3) is 0.0909. The van der Waals surface area contributed by atoms with Crippen LogP contribution in [0.1, 0.15) is 0 Å². The van der Waals surface area contributed by atoms with Crippen LogP contribution in [0.2, 0.25) is 0 Å². The summed E-state index contributed by atoms with van der Waals surface area (Å²) in [7, 11) is 0. The van der Waals surface area contributed by atoms with Crippen molar-refractivity contribution >= 4 is 15.9 Å². The van der Waals surface area contributed by atoms with E-state index in [0.717, 1.165) is 18.5 Å². The Labute approximate surface area is 118 Å². The van der Waals surface area contributed by atoms with E-state index in [0.29, 0.717) is 0 Å². The van der Waals surface area contributed by atoms with Crippen LogP contribution in [0.5, 0.6) is 17.4 Å². The first-order valence-corrected chi connectivity index (χ1v) is 5.91. The van der Waals surface area contributed by atoms with Gasteiger partial charge in [-0.3, -0.25) is 4.79 Å². The third kappa shape index (κ3) is 3.98. The topological polar surface area (TPSA) is 64.2 Å². The summed E-state index contributed by atoms with van der Waals surface area (Å²) >= 11 is 2.93. The van der Waals surface area contributed by atoms with E-state index in [1.165, 1.54) is 12.1 Å². The molecule has 0 atom stereocenters. The lowest BCUT2D eigenvalue weighted by molar-refractivity contribution is -0.274. The first kappa shape index (κ1) is 14.4. The van der Waals surface area contributed by atoms with Crippen LogP contribution in [0.3, 0.4) is 0 Å². The molecule has 0 unspecified atom stereocenters. The Morgan fingerprint density at radius 1 is 1.25 bits per heavy atom. The number of benzene rings is 1. The molecular weight excluding hydrogens is 345 g/mol. The molecule has 0 aliphatic heterocycles. The largest absolute Gasteiger partial charge is 0.573 e. The molecule has 0 spiro atoms.